The van der Waals surface area contributed by atoms with E-state index in [1.54, 1.807) is 42.5 Å². The lowest BCUT2D eigenvalue weighted by atomic mass is 9.97. The molecule has 2 heterocycles. The Morgan fingerprint density at radius 2 is 1.53 bits per heavy atom. The lowest BCUT2D eigenvalue weighted by molar-refractivity contribution is -0.139. The average Bonchev–Trinajstić information content (AvgIpc) is 2.85. The highest BCUT2D eigenvalue weighted by Crippen LogP contribution is 2.31. The number of hydrogen-bond donors (Lipinski definition) is 0. The molecule has 2 aromatic carbocycles. The zero-order valence-corrected chi connectivity index (χ0v) is 19.5. The Bertz CT molecular complexity index is 1040. The summed E-state index contributed by atoms with van der Waals surface area (Å²) in [5.74, 6) is 0.565. The number of ether oxygens (including phenoxy) is 4. The number of carbonyl (C=O) groups is 3. The van der Waals surface area contributed by atoms with E-state index in [4.69, 9.17) is 18.9 Å². The van der Waals surface area contributed by atoms with Gasteiger partial charge in [0, 0.05) is 17.6 Å². The Labute approximate surface area is 198 Å². The second kappa shape index (κ2) is 10.6. The molecule has 2 aliphatic heterocycles. The Morgan fingerprint density at radius 3 is 2.24 bits per heavy atom. The van der Waals surface area contributed by atoms with Crippen molar-refractivity contribution in [2.45, 2.75) is 45.2 Å². The van der Waals surface area contributed by atoms with Gasteiger partial charge in [-0.15, -0.1) is 0 Å². The van der Waals surface area contributed by atoms with E-state index in [1.165, 1.54) is 0 Å². The van der Waals surface area contributed by atoms with Crippen molar-refractivity contribution in [2.75, 3.05) is 26.4 Å². The molecule has 8 heteroatoms. The molecule has 1 saturated heterocycles. The number of carbonyl (C=O) groups excluding carboxylic acids is 3. The molecule has 2 atom stereocenters. The van der Waals surface area contributed by atoms with E-state index in [1.807, 2.05) is 4.90 Å². The normalized spacial score (nSPS) is 19.3. The zero-order chi connectivity index (χ0) is 24.1. The number of likely N-dealkylation sites (tertiary alicyclic amines) is 1. The molecular formula is C26H29NO7. The fraction of sp³-hybridized carbons (Fsp3) is 0.423. The summed E-state index contributed by atoms with van der Waals surface area (Å²) in [6, 6.07) is 11.6. The highest BCUT2D eigenvalue weighted by Gasteiger charge is 2.29. The van der Waals surface area contributed by atoms with Crippen LogP contribution in [0.25, 0.3) is 0 Å². The van der Waals surface area contributed by atoms with Crippen LogP contribution in [0, 0.1) is 0 Å². The molecule has 2 aromatic rings. The van der Waals surface area contributed by atoms with E-state index in [-0.39, 0.29) is 35.9 Å². The van der Waals surface area contributed by atoms with Gasteiger partial charge in [-0.1, -0.05) is 0 Å². The fourth-order valence-electron chi connectivity index (χ4n) is 4.33. The molecular weight excluding hydrogens is 438 g/mol. The van der Waals surface area contributed by atoms with E-state index in [0.717, 1.165) is 19.3 Å². The second-order valence-electron chi connectivity index (χ2n) is 8.60. The summed E-state index contributed by atoms with van der Waals surface area (Å²) in [4.78, 5) is 39.3. The molecule has 2 aliphatic rings. The summed E-state index contributed by atoms with van der Waals surface area (Å²) in [6.07, 6.45) is 3.14. The molecule has 2 unspecified atom stereocenters. The Morgan fingerprint density at radius 1 is 0.882 bits per heavy atom. The summed E-state index contributed by atoms with van der Waals surface area (Å²) < 4.78 is 21.7. The van der Waals surface area contributed by atoms with Crippen LogP contribution in [0.4, 0.5) is 0 Å². The fourth-order valence-corrected chi connectivity index (χ4v) is 4.33. The first-order valence-electron chi connectivity index (χ1n) is 11.6. The van der Waals surface area contributed by atoms with E-state index >= 15 is 0 Å². The van der Waals surface area contributed by atoms with Gasteiger partial charge in [-0.25, -0.2) is 4.79 Å². The Balaban J connectivity index is 1.26. The van der Waals surface area contributed by atoms with Crippen LogP contribution < -0.4 is 14.2 Å². The molecule has 0 bridgehead atoms. The van der Waals surface area contributed by atoms with Crippen LogP contribution in [-0.2, 0) is 9.53 Å². The number of nitrogens with zero attached hydrogens (tertiary/aromatic N) is 1. The summed E-state index contributed by atoms with van der Waals surface area (Å²) >= 11 is 0. The third-order valence-corrected chi connectivity index (χ3v) is 6.13. The maximum Gasteiger partial charge on any atom is 0.338 e. The average molecular weight is 468 g/mol. The third kappa shape index (κ3) is 5.50. The minimum atomic E-state index is -0.621. The first-order chi connectivity index (χ1) is 16.4. The van der Waals surface area contributed by atoms with E-state index in [9.17, 15) is 14.4 Å². The van der Waals surface area contributed by atoms with Gasteiger partial charge in [0.2, 0.25) is 0 Å². The van der Waals surface area contributed by atoms with E-state index in [0.29, 0.717) is 36.0 Å². The van der Waals surface area contributed by atoms with Gasteiger partial charge in [-0.3, -0.25) is 9.59 Å². The molecule has 1 fully saturated rings. The third-order valence-electron chi connectivity index (χ3n) is 6.13. The topological polar surface area (TPSA) is 91.4 Å². The Kier molecular flexibility index (Phi) is 7.35. The van der Waals surface area contributed by atoms with Crippen LogP contribution in [0.2, 0.25) is 0 Å². The quantitative estimate of drug-likeness (QED) is 0.453. The molecule has 34 heavy (non-hydrogen) atoms. The monoisotopic (exact) mass is 467 g/mol. The Hall–Kier alpha value is -3.55. The smallest absolute Gasteiger partial charge is 0.338 e. The van der Waals surface area contributed by atoms with Crippen molar-refractivity contribution in [3.05, 3.63) is 53.6 Å². The number of Topliss-reactive ketones (excluding diaryl/α,β-unsaturated/α-hetero) is 1. The molecule has 0 saturated carbocycles. The van der Waals surface area contributed by atoms with E-state index in [2.05, 4.69) is 13.8 Å². The number of esters is 1. The summed E-state index contributed by atoms with van der Waals surface area (Å²) in [7, 11) is 0. The van der Waals surface area contributed by atoms with Gasteiger partial charge in [0.25, 0.3) is 5.91 Å². The molecule has 1 amide bonds. The lowest BCUT2D eigenvalue weighted by Gasteiger charge is -2.38. The van der Waals surface area contributed by atoms with Crippen LogP contribution in [0.3, 0.4) is 0 Å². The minimum Gasteiger partial charge on any atom is -0.486 e. The maximum absolute atomic E-state index is 12.6. The number of amides is 1. The molecule has 0 aromatic heterocycles. The zero-order valence-electron chi connectivity index (χ0n) is 19.5. The van der Waals surface area contributed by atoms with Crippen molar-refractivity contribution in [2.24, 2.45) is 0 Å². The SMILES string of the molecule is CC1CCCC(C)N1C(=O)COc1ccc(C(=O)OCC(=O)c2ccc3c(c2)OCCO3)cc1. The predicted octanol–water partition coefficient (Wildman–Crippen LogP) is 3.67. The van der Waals surface area contributed by atoms with E-state index < -0.39 is 12.6 Å². The number of fused-ring (bicyclic) bond motifs is 1. The van der Waals surface area contributed by atoms with Crippen LogP contribution in [0.15, 0.2) is 42.5 Å². The summed E-state index contributed by atoms with van der Waals surface area (Å²) in [5.41, 5.74) is 0.662. The van der Waals surface area contributed by atoms with Gasteiger partial charge in [0.15, 0.2) is 30.5 Å². The minimum absolute atomic E-state index is 0.0409. The van der Waals surface area contributed by atoms with Crippen molar-refractivity contribution in [1.29, 1.82) is 0 Å². The molecule has 180 valence electrons. The van der Waals surface area contributed by atoms with Crippen LogP contribution in [0.1, 0.15) is 53.8 Å². The number of ketones is 1. The molecule has 0 N–H and O–H groups in total. The molecule has 4 rings (SSSR count). The molecule has 0 spiro atoms. The lowest BCUT2D eigenvalue weighted by Crippen LogP contribution is -2.49. The highest BCUT2D eigenvalue weighted by molar-refractivity contribution is 5.99. The van der Waals surface area contributed by atoms with Crippen molar-refractivity contribution >= 4 is 17.7 Å². The number of hydrogen-bond acceptors (Lipinski definition) is 7. The first kappa shape index (κ1) is 23.6. The molecule has 0 radical (unpaired) electrons. The number of benzene rings is 2. The second-order valence-corrected chi connectivity index (χ2v) is 8.60. The summed E-state index contributed by atoms with van der Waals surface area (Å²) in [6.45, 7) is 4.57. The van der Waals surface area contributed by atoms with Gasteiger partial charge in [-0.05, 0) is 75.6 Å². The van der Waals surface area contributed by atoms with Crippen LogP contribution in [0.5, 0.6) is 17.2 Å². The van der Waals surface area contributed by atoms with Gasteiger partial charge in [0.05, 0.1) is 5.56 Å². The number of rotatable bonds is 7. The molecule has 8 nitrogen and oxygen atoms in total. The predicted molar refractivity (Wildman–Crippen MR) is 124 cm³/mol. The van der Waals surface area contributed by atoms with Crippen molar-refractivity contribution in [3.63, 3.8) is 0 Å². The van der Waals surface area contributed by atoms with Crippen molar-refractivity contribution < 1.29 is 33.3 Å². The van der Waals surface area contributed by atoms with Crippen LogP contribution >= 0.6 is 0 Å². The summed E-state index contributed by atoms with van der Waals surface area (Å²) in [5, 5.41) is 0. The van der Waals surface area contributed by atoms with Gasteiger partial charge < -0.3 is 23.8 Å². The van der Waals surface area contributed by atoms with Gasteiger partial charge >= 0.3 is 5.97 Å². The van der Waals surface area contributed by atoms with Crippen molar-refractivity contribution in [1.82, 2.24) is 4.90 Å². The van der Waals surface area contributed by atoms with Crippen LogP contribution in [-0.4, -0.2) is 61.1 Å². The highest BCUT2D eigenvalue weighted by atomic mass is 16.6. The largest absolute Gasteiger partial charge is 0.486 e. The van der Waals surface area contributed by atoms with Gasteiger partial charge in [0.1, 0.15) is 19.0 Å². The maximum atomic E-state index is 12.6. The number of piperidine rings is 1. The first-order valence-corrected chi connectivity index (χ1v) is 11.6. The standard InChI is InChI=1S/C26H29NO7/c1-17-4-3-5-18(2)27(17)25(29)16-33-21-9-6-19(7-10-21)26(30)34-15-22(28)20-8-11-23-24(14-20)32-13-12-31-23/h6-11,14,17-18H,3-5,12-13,15-16H2,1-2H3. The van der Waals surface area contributed by atoms with Crippen molar-refractivity contribution in [3.8, 4) is 17.2 Å². The molecule has 0 aliphatic carbocycles. The van der Waals surface area contributed by atoms with Gasteiger partial charge in [-0.2, -0.15) is 0 Å².